The van der Waals surface area contributed by atoms with Gasteiger partial charge < -0.3 is 25.1 Å². The van der Waals surface area contributed by atoms with E-state index in [4.69, 9.17) is 9.47 Å². The zero-order chi connectivity index (χ0) is 24.6. The number of aryl methyl sites for hydroxylation is 1. The number of benzene rings is 1. The molecule has 4 N–H and O–H groups in total. The van der Waals surface area contributed by atoms with Gasteiger partial charge in [-0.05, 0) is 17.0 Å². The molecule has 3 aliphatic rings. The fourth-order valence-electron chi connectivity index (χ4n) is 4.09. The van der Waals surface area contributed by atoms with Crippen LogP contribution in [-0.4, -0.2) is 78.0 Å². The average Bonchev–Trinajstić information content (AvgIpc) is 3.19. The molecule has 0 bridgehead atoms. The van der Waals surface area contributed by atoms with Gasteiger partial charge in [-0.1, -0.05) is 36.4 Å². The molecule has 3 heterocycles. The number of ether oxygens (including phenoxy) is 2. The van der Waals surface area contributed by atoms with E-state index in [-0.39, 0.29) is 64.5 Å². The van der Waals surface area contributed by atoms with E-state index < -0.39 is 15.8 Å². The fourth-order valence-corrected chi connectivity index (χ4v) is 4.98. The van der Waals surface area contributed by atoms with Crippen molar-refractivity contribution in [2.45, 2.75) is 6.10 Å². The molecule has 1 aliphatic carbocycles. The molecule has 2 aliphatic heterocycles. The van der Waals surface area contributed by atoms with Crippen molar-refractivity contribution < 1.29 is 58.4 Å². The minimum atomic E-state index is -4.07. The van der Waals surface area contributed by atoms with Gasteiger partial charge in [0.2, 0.25) is 0 Å². The van der Waals surface area contributed by atoms with Crippen LogP contribution in [0.4, 0.5) is 5.69 Å². The van der Waals surface area contributed by atoms with Crippen LogP contribution in [0, 0.1) is 0 Å². The first-order chi connectivity index (χ1) is 16.8. The standard InChI is InChI=1S/C24H25N5O5S.Na.2H2O/c1-28-13-17(12-25-28)16-7-8-19-20-5-3-4-6-22(23(20)26-24(30)21(19)11-16)27-35(31,32)29(2)14-18-15-33-9-10-34-18;;;/h3-8,11-13,18H,9-10,14-15H2,1-2H3,(H,26,27,30);;2*1H2/q;+1;;/p-1/t18-;;;/m1.../s1. The Kier molecular flexibility index (Phi) is 10.9. The molecule has 198 valence electrons. The molecular formula is C24H28N5NaO7S. The van der Waals surface area contributed by atoms with Crippen molar-refractivity contribution in [3.8, 4) is 22.4 Å². The predicted molar refractivity (Wildman–Crippen MR) is 139 cm³/mol. The van der Waals surface area contributed by atoms with Gasteiger partial charge in [-0.3, -0.25) is 9.48 Å². The van der Waals surface area contributed by atoms with Crippen molar-refractivity contribution in [3.63, 3.8) is 0 Å². The fraction of sp³-hybridized carbons (Fsp3) is 0.292. The topological polar surface area (TPSA) is 181 Å². The van der Waals surface area contributed by atoms with E-state index in [0.29, 0.717) is 36.2 Å². The number of hydrogen-bond acceptors (Lipinski definition) is 7. The molecular weight excluding hydrogens is 525 g/mol. The molecule has 5 rings (SSSR count). The Hall–Kier alpha value is -2.46. The molecule has 0 spiro atoms. The van der Waals surface area contributed by atoms with Gasteiger partial charge in [-0.25, -0.2) is 17.7 Å². The minimum Gasteiger partial charge on any atom is -0.562 e. The molecule has 0 radical (unpaired) electrons. The van der Waals surface area contributed by atoms with Crippen molar-refractivity contribution in [1.29, 1.82) is 0 Å². The molecule has 0 saturated carbocycles. The molecule has 1 saturated heterocycles. The second-order valence-electron chi connectivity index (χ2n) is 8.36. The third kappa shape index (κ3) is 6.57. The summed E-state index contributed by atoms with van der Waals surface area (Å²) in [6, 6.07) is 12.3. The van der Waals surface area contributed by atoms with Gasteiger partial charge >= 0.3 is 29.6 Å². The minimum absolute atomic E-state index is 0. The van der Waals surface area contributed by atoms with Gasteiger partial charge in [0.1, 0.15) is 0 Å². The zero-order valence-corrected chi connectivity index (χ0v) is 24.1. The van der Waals surface area contributed by atoms with Gasteiger partial charge in [0, 0.05) is 38.0 Å². The van der Waals surface area contributed by atoms with Crippen LogP contribution in [0.1, 0.15) is 0 Å². The second-order valence-corrected chi connectivity index (χ2v) is 10.1. The molecule has 1 atom stereocenters. The first-order valence-electron chi connectivity index (χ1n) is 11.1. The van der Waals surface area contributed by atoms with Crippen LogP contribution in [0.3, 0.4) is 0 Å². The Balaban J connectivity index is 0.00000169. The van der Waals surface area contributed by atoms with E-state index in [1.165, 1.54) is 13.1 Å². The largest absolute Gasteiger partial charge is 1.00 e. The van der Waals surface area contributed by atoms with Crippen LogP contribution in [0.25, 0.3) is 37.9 Å². The number of rotatable bonds is 6. The predicted octanol–water partition coefficient (Wildman–Crippen LogP) is -1.95. The summed E-state index contributed by atoms with van der Waals surface area (Å²) in [5, 5.41) is 5.29. The van der Waals surface area contributed by atoms with E-state index >= 15 is 0 Å². The Labute approximate surface area is 242 Å². The normalized spacial score (nSPS) is 15.4. The van der Waals surface area contributed by atoms with Crippen molar-refractivity contribution in [2.24, 2.45) is 7.05 Å². The van der Waals surface area contributed by atoms with Crippen LogP contribution in [0.2, 0.25) is 0 Å². The molecule has 1 aromatic heterocycles. The van der Waals surface area contributed by atoms with E-state index in [2.05, 4.69) is 14.8 Å². The first kappa shape index (κ1) is 31.8. The average molecular weight is 554 g/mol. The van der Waals surface area contributed by atoms with Crippen LogP contribution < -0.4 is 35.1 Å². The Morgan fingerprint density at radius 3 is 2.55 bits per heavy atom. The maximum absolute atomic E-state index is 13.0. The maximum atomic E-state index is 13.0. The Morgan fingerprint density at radius 1 is 1.11 bits per heavy atom. The Bertz CT molecular complexity index is 1530. The first-order valence-corrected chi connectivity index (χ1v) is 12.5. The van der Waals surface area contributed by atoms with E-state index in [9.17, 15) is 13.2 Å². The van der Waals surface area contributed by atoms with Crippen LogP contribution in [-0.2, 0) is 26.7 Å². The number of pyridine rings is 1. The second kappa shape index (κ2) is 13.1. The molecule has 0 unspecified atom stereocenters. The summed E-state index contributed by atoms with van der Waals surface area (Å²) in [6.45, 7) is 1.32. The summed E-state index contributed by atoms with van der Waals surface area (Å²) < 4.78 is 43.8. The van der Waals surface area contributed by atoms with Gasteiger partial charge in [-0.15, -0.1) is 5.69 Å². The maximum Gasteiger partial charge on any atom is 1.00 e. The van der Waals surface area contributed by atoms with Crippen LogP contribution >= 0.6 is 0 Å². The summed E-state index contributed by atoms with van der Waals surface area (Å²) in [5.74, 6) is 0. The summed E-state index contributed by atoms with van der Waals surface area (Å²) in [6.07, 6.45) is 3.22. The molecule has 14 heteroatoms. The molecule has 1 aromatic carbocycles. The van der Waals surface area contributed by atoms with Crippen molar-refractivity contribution in [2.75, 3.05) is 33.4 Å². The quantitative estimate of drug-likeness (QED) is 0.249. The molecule has 1 fully saturated rings. The number of nitrogens with zero attached hydrogens (tertiary/aromatic N) is 5. The number of aromatic nitrogens is 3. The molecule has 0 amide bonds. The number of likely N-dealkylation sites (N-methyl/N-ethyl adjacent to an activating group) is 1. The SMILES string of the molecule is CN(C[C@@H]1COCCO1)S(=O)(=O)[N-]c1ccccc2c3ccc(-c4cnn(C)c4)cc3c(=O)nc1-2.O.O.[Na+]. The number of hydrogen-bond donors (Lipinski definition) is 0. The third-order valence-corrected chi connectivity index (χ3v) is 7.24. The van der Waals surface area contributed by atoms with E-state index in [1.807, 2.05) is 25.4 Å². The van der Waals surface area contributed by atoms with Crippen molar-refractivity contribution >= 4 is 26.7 Å². The van der Waals surface area contributed by atoms with E-state index in [0.717, 1.165) is 15.4 Å². The smallest absolute Gasteiger partial charge is 0.562 e. The van der Waals surface area contributed by atoms with Gasteiger partial charge in [0.15, 0.2) is 10.2 Å². The van der Waals surface area contributed by atoms with Crippen LogP contribution in [0.15, 0.2) is 59.7 Å². The molecule has 12 nitrogen and oxygen atoms in total. The van der Waals surface area contributed by atoms with Gasteiger partial charge in [-0.2, -0.15) is 5.10 Å². The van der Waals surface area contributed by atoms with Crippen molar-refractivity contribution in [1.82, 2.24) is 19.1 Å². The third-order valence-electron chi connectivity index (χ3n) is 5.87. The Morgan fingerprint density at radius 2 is 1.87 bits per heavy atom. The van der Waals surface area contributed by atoms with E-state index in [1.54, 1.807) is 35.1 Å². The molecule has 38 heavy (non-hydrogen) atoms. The summed E-state index contributed by atoms with van der Waals surface area (Å²) in [7, 11) is -0.811. The van der Waals surface area contributed by atoms with Gasteiger partial charge in [0.25, 0.3) is 5.56 Å². The van der Waals surface area contributed by atoms with Gasteiger partial charge in [0.05, 0.1) is 43.2 Å². The summed E-state index contributed by atoms with van der Waals surface area (Å²) in [4.78, 5) is 17.3. The van der Waals surface area contributed by atoms with Crippen LogP contribution in [0.5, 0.6) is 0 Å². The molecule has 2 aromatic rings. The number of fused-ring (bicyclic) bond motifs is 3. The monoisotopic (exact) mass is 553 g/mol. The summed E-state index contributed by atoms with van der Waals surface area (Å²) in [5.41, 5.74) is 2.20. The zero-order valence-electron chi connectivity index (χ0n) is 21.3. The summed E-state index contributed by atoms with van der Waals surface area (Å²) >= 11 is 0. The van der Waals surface area contributed by atoms with Crippen molar-refractivity contribution in [3.05, 3.63) is 69.9 Å².